The number of fused-ring (bicyclic) bond motifs is 3. The molecular formula is C24H28ClN3O3. The molecule has 3 heterocycles. The van der Waals surface area contributed by atoms with Crippen molar-refractivity contribution in [3.8, 4) is 0 Å². The molecular weight excluding hydrogens is 414 g/mol. The summed E-state index contributed by atoms with van der Waals surface area (Å²) in [6, 6.07) is 15.4. The molecule has 2 amide bonds. The maximum absolute atomic E-state index is 13.3. The minimum absolute atomic E-state index is 0.104. The van der Waals surface area contributed by atoms with Gasteiger partial charge in [0.05, 0.1) is 6.61 Å². The number of nitrogens with zero attached hydrogens (tertiary/aromatic N) is 2. The zero-order chi connectivity index (χ0) is 21.4. The van der Waals surface area contributed by atoms with Crippen LogP contribution < -0.4 is 10.2 Å². The van der Waals surface area contributed by atoms with E-state index < -0.39 is 0 Å². The molecule has 0 unspecified atom stereocenters. The molecule has 3 aliphatic heterocycles. The number of halogens is 1. The second kappa shape index (κ2) is 8.79. The number of nitrogens with one attached hydrogen (secondary N) is 1. The molecule has 0 aromatic heterocycles. The molecule has 0 radical (unpaired) electrons. The van der Waals surface area contributed by atoms with Gasteiger partial charge in [-0.1, -0.05) is 35.9 Å². The zero-order valence-electron chi connectivity index (χ0n) is 17.4. The zero-order valence-corrected chi connectivity index (χ0v) is 18.2. The number of anilines is 2. The van der Waals surface area contributed by atoms with Gasteiger partial charge in [-0.05, 0) is 48.6 Å². The van der Waals surface area contributed by atoms with Crippen LogP contribution in [0.3, 0.4) is 0 Å². The average molecular weight is 442 g/mol. The molecule has 2 fully saturated rings. The number of amides is 2. The van der Waals surface area contributed by atoms with E-state index >= 15 is 0 Å². The number of ether oxygens (including phenoxy) is 1. The Kier molecular flexibility index (Phi) is 5.89. The summed E-state index contributed by atoms with van der Waals surface area (Å²) in [6.45, 7) is 3.31. The molecule has 7 heteroatoms. The van der Waals surface area contributed by atoms with Crippen LogP contribution >= 0.6 is 11.6 Å². The Balaban J connectivity index is 1.39. The fourth-order valence-electron chi connectivity index (χ4n) is 5.41. The second-order valence-corrected chi connectivity index (χ2v) is 9.14. The molecule has 2 aromatic rings. The molecule has 164 valence electrons. The van der Waals surface area contributed by atoms with Crippen LogP contribution in [-0.2, 0) is 4.74 Å². The van der Waals surface area contributed by atoms with Crippen molar-refractivity contribution in [2.75, 3.05) is 43.1 Å². The summed E-state index contributed by atoms with van der Waals surface area (Å²) in [5.74, 6) is 0.825. The van der Waals surface area contributed by atoms with Gasteiger partial charge in [-0.15, -0.1) is 0 Å². The summed E-state index contributed by atoms with van der Waals surface area (Å²) >= 11 is 6.09. The molecule has 3 atom stereocenters. The van der Waals surface area contributed by atoms with Crippen LogP contribution in [0.2, 0.25) is 5.02 Å². The number of hydrogen-bond donors (Lipinski definition) is 2. The lowest BCUT2D eigenvalue weighted by Gasteiger charge is -2.59. The second-order valence-electron chi connectivity index (χ2n) is 8.71. The van der Waals surface area contributed by atoms with E-state index in [1.54, 1.807) is 12.1 Å². The minimum Gasteiger partial charge on any atom is -0.395 e. The van der Waals surface area contributed by atoms with Gasteiger partial charge < -0.3 is 15.2 Å². The highest BCUT2D eigenvalue weighted by Crippen LogP contribution is 2.48. The SMILES string of the molecule is O=C(Nc1cccc(Cl)c1)N1C[C@@H]2[C@H](c3ccccc31)[C@@H](CO)N2CC1CCOCC1. The third-order valence-electron chi connectivity index (χ3n) is 6.96. The average Bonchev–Trinajstić information content (AvgIpc) is 2.78. The highest BCUT2D eigenvalue weighted by Gasteiger charge is 2.53. The summed E-state index contributed by atoms with van der Waals surface area (Å²) < 4.78 is 5.51. The number of carbonyl (C=O) groups excluding carboxylic acids is 1. The van der Waals surface area contributed by atoms with E-state index in [0.717, 1.165) is 43.9 Å². The summed E-state index contributed by atoms with van der Waals surface area (Å²) in [7, 11) is 0. The quantitative estimate of drug-likeness (QED) is 0.754. The summed E-state index contributed by atoms with van der Waals surface area (Å²) in [6.07, 6.45) is 2.11. The highest BCUT2D eigenvalue weighted by atomic mass is 35.5. The first-order chi connectivity index (χ1) is 15.2. The number of rotatable bonds is 4. The Morgan fingerprint density at radius 3 is 2.74 bits per heavy atom. The van der Waals surface area contributed by atoms with Crippen LogP contribution in [0, 0.1) is 5.92 Å². The van der Waals surface area contributed by atoms with Crippen molar-refractivity contribution in [1.29, 1.82) is 0 Å². The van der Waals surface area contributed by atoms with Crippen LogP contribution in [0.4, 0.5) is 16.2 Å². The molecule has 0 saturated carbocycles. The van der Waals surface area contributed by atoms with Gasteiger partial charge in [-0.25, -0.2) is 4.79 Å². The summed E-state index contributed by atoms with van der Waals surface area (Å²) in [4.78, 5) is 17.5. The predicted octanol–water partition coefficient (Wildman–Crippen LogP) is 3.95. The Bertz CT molecular complexity index is 949. The van der Waals surface area contributed by atoms with Crippen LogP contribution in [0.1, 0.15) is 24.3 Å². The van der Waals surface area contributed by atoms with E-state index in [0.29, 0.717) is 23.2 Å². The van der Waals surface area contributed by atoms with Crippen LogP contribution in [-0.4, -0.2) is 61.0 Å². The van der Waals surface area contributed by atoms with E-state index in [2.05, 4.69) is 16.3 Å². The highest BCUT2D eigenvalue weighted by molar-refractivity contribution is 6.30. The summed E-state index contributed by atoms with van der Waals surface area (Å²) in [5, 5.41) is 13.8. The first kappa shape index (κ1) is 20.8. The van der Waals surface area contributed by atoms with Crippen molar-refractivity contribution in [2.24, 2.45) is 5.92 Å². The van der Waals surface area contributed by atoms with Gasteiger partial charge in [0.25, 0.3) is 0 Å². The first-order valence-corrected chi connectivity index (χ1v) is 11.4. The van der Waals surface area contributed by atoms with Crippen LogP contribution in [0.15, 0.2) is 48.5 Å². The normalized spacial score (nSPS) is 26.0. The lowest BCUT2D eigenvalue weighted by atomic mass is 9.71. The topological polar surface area (TPSA) is 65.0 Å². The lowest BCUT2D eigenvalue weighted by Crippen LogP contribution is -2.70. The molecule has 31 heavy (non-hydrogen) atoms. The van der Waals surface area contributed by atoms with E-state index in [-0.39, 0.29) is 30.6 Å². The molecule has 2 saturated heterocycles. The van der Waals surface area contributed by atoms with Gasteiger partial charge in [0.15, 0.2) is 0 Å². The smallest absolute Gasteiger partial charge is 0.326 e. The van der Waals surface area contributed by atoms with Crippen molar-refractivity contribution in [2.45, 2.75) is 30.8 Å². The number of likely N-dealkylation sites (tertiary alicyclic amines) is 1. The Morgan fingerprint density at radius 1 is 1.16 bits per heavy atom. The van der Waals surface area contributed by atoms with Crippen molar-refractivity contribution >= 4 is 29.0 Å². The molecule has 2 aromatic carbocycles. The Hall–Kier alpha value is -2.12. The Labute approximate surface area is 187 Å². The number of hydrogen-bond acceptors (Lipinski definition) is 4. The third kappa shape index (κ3) is 3.94. The molecule has 0 bridgehead atoms. The van der Waals surface area contributed by atoms with Crippen molar-refractivity contribution in [3.05, 3.63) is 59.1 Å². The van der Waals surface area contributed by atoms with Gasteiger partial charge in [0, 0.05) is 60.7 Å². The lowest BCUT2D eigenvalue weighted by molar-refractivity contribution is -0.0622. The summed E-state index contributed by atoms with van der Waals surface area (Å²) in [5.41, 5.74) is 2.74. The standard InChI is InChI=1S/C24H28ClN3O3/c25-17-4-3-5-18(12-17)26-24(30)28-14-21-23(19-6-1-2-7-20(19)28)22(15-29)27(21)13-16-8-10-31-11-9-16/h1-7,12,16,21-23,29H,8-11,13-15H2,(H,26,30)/t21-,22-,23+/m1/s1. The van der Waals surface area contributed by atoms with Gasteiger partial charge in [0.2, 0.25) is 0 Å². The number of para-hydroxylation sites is 1. The number of aliphatic hydroxyl groups is 1. The van der Waals surface area contributed by atoms with Crippen molar-refractivity contribution < 1.29 is 14.6 Å². The van der Waals surface area contributed by atoms with Crippen LogP contribution in [0.25, 0.3) is 0 Å². The predicted molar refractivity (Wildman–Crippen MR) is 122 cm³/mol. The van der Waals surface area contributed by atoms with E-state index in [9.17, 15) is 9.90 Å². The van der Waals surface area contributed by atoms with Crippen LogP contribution in [0.5, 0.6) is 0 Å². The van der Waals surface area contributed by atoms with E-state index in [4.69, 9.17) is 16.3 Å². The minimum atomic E-state index is -0.161. The maximum atomic E-state index is 13.3. The van der Waals surface area contributed by atoms with Crippen molar-refractivity contribution in [3.63, 3.8) is 0 Å². The number of benzene rings is 2. The molecule has 0 aliphatic carbocycles. The largest absolute Gasteiger partial charge is 0.395 e. The van der Waals surface area contributed by atoms with E-state index in [1.165, 1.54) is 0 Å². The molecule has 0 spiro atoms. The fourth-order valence-corrected chi connectivity index (χ4v) is 5.60. The maximum Gasteiger partial charge on any atom is 0.326 e. The van der Waals surface area contributed by atoms with Gasteiger partial charge in [0.1, 0.15) is 0 Å². The molecule has 3 aliphatic rings. The van der Waals surface area contributed by atoms with Crippen molar-refractivity contribution in [1.82, 2.24) is 4.90 Å². The monoisotopic (exact) mass is 441 g/mol. The first-order valence-electron chi connectivity index (χ1n) is 11.0. The molecule has 2 N–H and O–H groups in total. The van der Waals surface area contributed by atoms with E-state index in [1.807, 2.05) is 35.2 Å². The Morgan fingerprint density at radius 2 is 1.97 bits per heavy atom. The number of urea groups is 1. The van der Waals surface area contributed by atoms with Gasteiger partial charge >= 0.3 is 6.03 Å². The fraction of sp³-hybridized carbons (Fsp3) is 0.458. The van der Waals surface area contributed by atoms with Gasteiger partial charge in [-0.3, -0.25) is 9.80 Å². The number of aliphatic hydroxyl groups excluding tert-OH is 1. The third-order valence-corrected chi connectivity index (χ3v) is 7.19. The number of carbonyl (C=O) groups is 1. The molecule has 6 nitrogen and oxygen atoms in total. The molecule has 5 rings (SSSR count). The van der Waals surface area contributed by atoms with Gasteiger partial charge in [-0.2, -0.15) is 0 Å².